The van der Waals surface area contributed by atoms with Crippen LogP contribution in [-0.2, 0) is 0 Å². The number of nitrogens with one attached hydrogen (secondary N) is 1. The van der Waals surface area contributed by atoms with E-state index in [0.717, 1.165) is 55.9 Å². The van der Waals surface area contributed by atoms with Gasteiger partial charge in [0.1, 0.15) is 6.54 Å². The minimum atomic E-state index is -4.38. The summed E-state index contributed by atoms with van der Waals surface area (Å²) < 4.78 is 37.8. The summed E-state index contributed by atoms with van der Waals surface area (Å²) in [6.07, 6.45) is 0.194. The zero-order valence-electron chi connectivity index (χ0n) is 18.0. The highest BCUT2D eigenvalue weighted by Gasteiger charge is 2.31. The van der Waals surface area contributed by atoms with Crippen LogP contribution < -0.4 is 16.0 Å². The molecule has 33 heavy (non-hydrogen) atoms. The molecule has 174 valence electrons. The van der Waals surface area contributed by atoms with Crippen LogP contribution >= 0.6 is 11.3 Å². The third-order valence-corrected chi connectivity index (χ3v) is 7.30. The van der Waals surface area contributed by atoms with Crippen LogP contribution in [0.15, 0.2) is 35.5 Å². The Bertz CT molecular complexity index is 1050. The molecule has 3 heterocycles. The van der Waals surface area contributed by atoms with Gasteiger partial charge in [0.05, 0.1) is 22.2 Å². The van der Waals surface area contributed by atoms with E-state index in [-0.39, 0.29) is 0 Å². The van der Waals surface area contributed by atoms with Gasteiger partial charge in [-0.15, -0.1) is 0 Å². The first-order valence-corrected chi connectivity index (χ1v) is 11.7. The Morgan fingerprint density at radius 3 is 2.48 bits per heavy atom. The van der Waals surface area contributed by atoms with Gasteiger partial charge in [0.2, 0.25) is 0 Å². The molecule has 0 spiro atoms. The van der Waals surface area contributed by atoms with Crippen molar-refractivity contribution in [2.24, 2.45) is 22.6 Å². The fourth-order valence-corrected chi connectivity index (χ4v) is 5.50. The Balaban J connectivity index is 1.67. The number of halogens is 3. The van der Waals surface area contributed by atoms with E-state index in [9.17, 15) is 13.2 Å². The topological polar surface area (TPSA) is 90.3 Å². The molecule has 2 saturated heterocycles. The number of fused-ring (bicyclic) bond motifs is 1. The first-order chi connectivity index (χ1) is 15.9. The van der Waals surface area contributed by atoms with Crippen molar-refractivity contribution < 1.29 is 13.2 Å². The molecule has 0 radical (unpaired) electrons. The summed E-state index contributed by atoms with van der Waals surface area (Å²) in [5, 5.41) is 13.4. The zero-order valence-corrected chi connectivity index (χ0v) is 18.8. The normalized spacial score (nSPS) is 21.8. The van der Waals surface area contributed by atoms with E-state index in [1.165, 1.54) is 17.5 Å². The van der Waals surface area contributed by atoms with Gasteiger partial charge in [-0.05, 0) is 49.9 Å². The van der Waals surface area contributed by atoms with E-state index >= 15 is 0 Å². The molecule has 0 aliphatic carbocycles. The van der Waals surface area contributed by atoms with Crippen LogP contribution in [0.2, 0.25) is 0 Å². The van der Waals surface area contributed by atoms with Crippen molar-refractivity contribution in [2.45, 2.75) is 19.0 Å². The van der Waals surface area contributed by atoms with Gasteiger partial charge in [-0.2, -0.15) is 18.4 Å². The fraction of sp³-hybridized carbons (Fsp3) is 0.435. The second kappa shape index (κ2) is 9.93. The summed E-state index contributed by atoms with van der Waals surface area (Å²) in [4.78, 5) is 11.4. The largest absolute Gasteiger partial charge is 0.407 e. The lowest BCUT2D eigenvalue weighted by atomic mass is 9.92. The summed E-state index contributed by atoms with van der Waals surface area (Å²) >= 11 is 1.41. The minimum Gasteiger partial charge on any atom is -0.404 e. The van der Waals surface area contributed by atoms with Gasteiger partial charge in [-0.1, -0.05) is 23.5 Å². The molecular formula is C23H25F3N6S. The van der Waals surface area contributed by atoms with Crippen LogP contribution in [0.5, 0.6) is 0 Å². The summed E-state index contributed by atoms with van der Waals surface area (Å²) in [5.41, 5.74) is 8.10. The molecule has 2 aliphatic heterocycles. The molecular weight excluding hydrogens is 449 g/mol. The molecule has 6 nitrogen and oxygen atoms in total. The third kappa shape index (κ3) is 5.54. The quantitative estimate of drug-likeness (QED) is 0.638. The van der Waals surface area contributed by atoms with E-state index < -0.39 is 12.7 Å². The number of aromatic nitrogens is 1. The molecule has 0 saturated carbocycles. The lowest BCUT2D eigenvalue weighted by Gasteiger charge is -2.19. The Morgan fingerprint density at radius 1 is 1.24 bits per heavy atom. The third-order valence-electron chi connectivity index (χ3n) is 6.14. The van der Waals surface area contributed by atoms with Gasteiger partial charge in [-0.3, -0.25) is 4.99 Å². The van der Waals surface area contributed by atoms with Crippen LogP contribution in [0, 0.1) is 23.2 Å². The molecule has 2 aromatic rings. The molecule has 2 aliphatic rings. The first-order valence-electron chi connectivity index (χ1n) is 10.8. The lowest BCUT2D eigenvalue weighted by molar-refractivity contribution is -0.118. The van der Waals surface area contributed by atoms with Crippen LogP contribution in [0.25, 0.3) is 16.8 Å². The number of alkyl halides is 3. The van der Waals surface area contributed by atoms with Crippen LogP contribution in [-0.4, -0.2) is 50.1 Å². The second-order valence-corrected chi connectivity index (χ2v) is 9.29. The molecule has 2 fully saturated rings. The maximum atomic E-state index is 12.6. The lowest BCUT2D eigenvalue weighted by Crippen LogP contribution is -2.25. The van der Waals surface area contributed by atoms with Crippen molar-refractivity contribution in [2.75, 3.05) is 37.6 Å². The highest BCUT2D eigenvalue weighted by Crippen LogP contribution is 2.39. The Labute approximate surface area is 194 Å². The Hall–Kier alpha value is -2.90. The average Bonchev–Trinajstić information content (AvgIpc) is 3.39. The number of allylic oxidation sites excluding steroid dienone is 1. The van der Waals surface area contributed by atoms with Crippen molar-refractivity contribution in [1.82, 2.24) is 10.3 Å². The summed E-state index contributed by atoms with van der Waals surface area (Å²) in [7, 11) is 0. The number of aliphatic imine (C=N–C) groups is 1. The first kappa shape index (κ1) is 23.3. The molecule has 3 N–H and O–H groups in total. The number of hydrogen-bond donors (Lipinski definition) is 2. The number of nitrogens with zero attached hydrogens (tertiary/aromatic N) is 4. The van der Waals surface area contributed by atoms with E-state index in [2.05, 4.69) is 21.3 Å². The predicted octanol–water partition coefficient (Wildman–Crippen LogP) is 4.05. The van der Waals surface area contributed by atoms with Crippen molar-refractivity contribution >= 4 is 28.3 Å². The number of nitrogens with two attached hydrogens (primary N) is 1. The van der Waals surface area contributed by atoms with E-state index in [1.54, 1.807) is 24.3 Å². The van der Waals surface area contributed by atoms with Gasteiger partial charge >= 0.3 is 6.18 Å². The maximum Gasteiger partial charge on any atom is 0.407 e. The molecule has 10 heteroatoms. The van der Waals surface area contributed by atoms with Crippen LogP contribution in [0.3, 0.4) is 0 Å². The second-order valence-electron chi connectivity index (χ2n) is 8.31. The van der Waals surface area contributed by atoms with Crippen molar-refractivity contribution in [3.63, 3.8) is 0 Å². The fourth-order valence-electron chi connectivity index (χ4n) is 4.37. The highest BCUT2D eigenvalue weighted by atomic mass is 32.1. The van der Waals surface area contributed by atoms with Crippen LogP contribution in [0.4, 0.5) is 18.3 Å². The van der Waals surface area contributed by atoms with Gasteiger partial charge in [0.25, 0.3) is 0 Å². The van der Waals surface area contributed by atoms with E-state index in [1.807, 2.05) is 0 Å². The van der Waals surface area contributed by atoms with E-state index in [4.69, 9.17) is 16.0 Å². The smallest absolute Gasteiger partial charge is 0.404 e. The SMILES string of the molecule is N#Cc1ccc(-c2nc(N3CC[C@@H]4CNC[C@@H]4CC3)sc2C(C=NCC(F)(F)F)=CN)cc1. The Morgan fingerprint density at radius 2 is 1.91 bits per heavy atom. The molecule has 0 bridgehead atoms. The number of rotatable bonds is 5. The predicted molar refractivity (Wildman–Crippen MR) is 125 cm³/mol. The Kier molecular flexibility index (Phi) is 7.00. The van der Waals surface area contributed by atoms with Gasteiger partial charge in [-0.25, -0.2) is 4.98 Å². The number of benzene rings is 1. The van der Waals surface area contributed by atoms with Crippen molar-refractivity contribution in [3.05, 3.63) is 40.9 Å². The molecule has 1 aromatic carbocycles. The molecule has 0 amide bonds. The molecule has 2 atom stereocenters. The number of hydrogen-bond acceptors (Lipinski definition) is 7. The number of nitriles is 1. The number of anilines is 1. The summed E-state index contributed by atoms with van der Waals surface area (Å²) in [5.74, 6) is 1.34. The molecule has 4 rings (SSSR count). The van der Waals surface area contributed by atoms with Gasteiger partial charge in [0, 0.05) is 36.6 Å². The monoisotopic (exact) mass is 474 g/mol. The minimum absolute atomic E-state index is 0.387. The number of thiazole rings is 1. The zero-order chi connectivity index (χ0) is 23.4. The molecule has 1 aromatic heterocycles. The van der Waals surface area contributed by atoms with Crippen molar-refractivity contribution in [1.29, 1.82) is 5.26 Å². The summed E-state index contributed by atoms with van der Waals surface area (Å²) in [6.45, 7) is 2.59. The summed E-state index contributed by atoms with van der Waals surface area (Å²) in [6, 6.07) is 9.07. The van der Waals surface area contributed by atoms with E-state index in [0.29, 0.717) is 33.5 Å². The van der Waals surface area contributed by atoms with Gasteiger partial charge < -0.3 is 16.0 Å². The molecule has 0 unspecified atom stereocenters. The van der Waals surface area contributed by atoms with Crippen molar-refractivity contribution in [3.8, 4) is 17.3 Å². The van der Waals surface area contributed by atoms with Gasteiger partial charge in [0.15, 0.2) is 5.13 Å². The highest BCUT2D eigenvalue weighted by molar-refractivity contribution is 7.17. The standard InChI is InChI=1S/C23H25F3N6S/c24-23(25,26)14-30-13-19(10-28)21-20(16-3-1-15(9-27)2-4-16)31-22(33-21)32-7-5-17-11-29-12-18(17)6-8-32/h1-4,10,13,17-18,29H,5-8,11-12,14,28H2/t17-,18+. The average molecular weight is 475 g/mol. The van der Waals surface area contributed by atoms with Crippen LogP contribution in [0.1, 0.15) is 23.3 Å². The maximum absolute atomic E-state index is 12.6.